The van der Waals surface area contributed by atoms with Crippen molar-refractivity contribution in [2.45, 2.75) is 0 Å². The summed E-state index contributed by atoms with van der Waals surface area (Å²) in [6.45, 7) is -0.392. The molecule has 1 aromatic carbocycles. The Kier molecular flexibility index (Phi) is 3.73. The average molecular weight is 244 g/mol. The summed E-state index contributed by atoms with van der Waals surface area (Å²) in [5, 5.41) is 17.7. The molecule has 0 bridgehead atoms. The first kappa shape index (κ1) is 12.3. The molecule has 0 saturated heterocycles. The number of carboxylic acid groups (broad SMARTS) is 1. The molecule has 0 heterocycles. The fraction of sp³-hybridized carbons (Fsp3) is 0.200. The molecular formula is C10H10ClNO4. The largest absolute Gasteiger partial charge is 0.506 e. The maximum Gasteiger partial charge on any atom is 0.323 e. The molecule has 0 aliphatic rings. The molecule has 0 fully saturated rings. The van der Waals surface area contributed by atoms with Gasteiger partial charge in [-0.05, 0) is 18.2 Å². The summed E-state index contributed by atoms with van der Waals surface area (Å²) in [5.74, 6) is -1.69. The van der Waals surface area contributed by atoms with Gasteiger partial charge >= 0.3 is 5.97 Å². The van der Waals surface area contributed by atoms with Gasteiger partial charge in [0.25, 0.3) is 5.91 Å². The number of phenols is 1. The molecule has 16 heavy (non-hydrogen) atoms. The van der Waals surface area contributed by atoms with Gasteiger partial charge in [0.05, 0.1) is 5.02 Å². The number of benzene rings is 1. The van der Waals surface area contributed by atoms with Crippen molar-refractivity contribution in [3.8, 4) is 5.75 Å². The first-order valence-corrected chi connectivity index (χ1v) is 4.75. The van der Waals surface area contributed by atoms with Crippen LogP contribution in [-0.4, -0.2) is 40.6 Å². The summed E-state index contributed by atoms with van der Waals surface area (Å²) in [4.78, 5) is 23.1. The highest BCUT2D eigenvalue weighted by atomic mass is 35.5. The Bertz CT molecular complexity index is 433. The van der Waals surface area contributed by atoms with Crippen molar-refractivity contribution < 1.29 is 19.8 Å². The van der Waals surface area contributed by atoms with E-state index in [4.69, 9.17) is 21.8 Å². The Morgan fingerprint density at radius 3 is 2.56 bits per heavy atom. The first-order valence-electron chi connectivity index (χ1n) is 4.37. The molecule has 0 aromatic heterocycles. The SMILES string of the molecule is CN(CC(=O)O)C(=O)c1ccc(O)c(Cl)c1. The Hall–Kier alpha value is -1.75. The summed E-state index contributed by atoms with van der Waals surface area (Å²) in [6, 6.07) is 3.95. The predicted octanol–water partition coefficient (Wildman–Crippen LogP) is 1.20. The van der Waals surface area contributed by atoms with Crippen LogP contribution < -0.4 is 0 Å². The molecule has 0 saturated carbocycles. The van der Waals surface area contributed by atoms with E-state index in [0.29, 0.717) is 0 Å². The maximum atomic E-state index is 11.7. The lowest BCUT2D eigenvalue weighted by Gasteiger charge is -2.14. The smallest absolute Gasteiger partial charge is 0.323 e. The van der Waals surface area contributed by atoms with E-state index in [0.717, 1.165) is 4.90 Å². The molecule has 0 spiro atoms. The monoisotopic (exact) mass is 243 g/mol. The molecule has 5 nitrogen and oxygen atoms in total. The number of phenolic OH excluding ortho intramolecular Hbond substituents is 1. The number of aliphatic carboxylic acids is 1. The van der Waals surface area contributed by atoms with Gasteiger partial charge in [-0.15, -0.1) is 0 Å². The Balaban J connectivity index is 2.88. The number of carbonyl (C=O) groups is 2. The third-order valence-electron chi connectivity index (χ3n) is 1.91. The molecule has 0 radical (unpaired) electrons. The summed E-state index contributed by atoms with van der Waals surface area (Å²) >= 11 is 5.63. The number of nitrogens with zero attached hydrogens (tertiary/aromatic N) is 1. The maximum absolute atomic E-state index is 11.7. The highest BCUT2D eigenvalue weighted by molar-refractivity contribution is 6.32. The van der Waals surface area contributed by atoms with Crippen molar-refractivity contribution in [3.63, 3.8) is 0 Å². The number of hydrogen-bond donors (Lipinski definition) is 2. The van der Waals surface area contributed by atoms with Gasteiger partial charge in [-0.2, -0.15) is 0 Å². The minimum atomic E-state index is -1.10. The Morgan fingerprint density at radius 1 is 1.44 bits per heavy atom. The van der Waals surface area contributed by atoms with Gasteiger partial charge < -0.3 is 15.1 Å². The highest BCUT2D eigenvalue weighted by Crippen LogP contribution is 2.24. The predicted molar refractivity (Wildman–Crippen MR) is 57.7 cm³/mol. The summed E-state index contributed by atoms with van der Waals surface area (Å²) < 4.78 is 0. The van der Waals surface area contributed by atoms with Crippen LogP contribution in [0.3, 0.4) is 0 Å². The zero-order valence-electron chi connectivity index (χ0n) is 8.48. The summed E-state index contributed by atoms with van der Waals surface area (Å²) in [7, 11) is 1.37. The second-order valence-electron chi connectivity index (χ2n) is 3.22. The summed E-state index contributed by atoms with van der Waals surface area (Å²) in [5.41, 5.74) is 0.228. The van der Waals surface area contributed by atoms with Crippen molar-refractivity contribution in [2.24, 2.45) is 0 Å². The van der Waals surface area contributed by atoms with Crippen molar-refractivity contribution in [1.82, 2.24) is 4.90 Å². The molecule has 0 unspecified atom stereocenters. The standard InChI is InChI=1S/C10H10ClNO4/c1-12(5-9(14)15)10(16)6-2-3-8(13)7(11)4-6/h2-4,13H,5H2,1H3,(H,14,15). The summed E-state index contributed by atoms with van der Waals surface area (Å²) in [6.07, 6.45) is 0. The molecule has 2 N–H and O–H groups in total. The number of carboxylic acids is 1. The molecule has 1 aromatic rings. The fourth-order valence-corrected chi connectivity index (χ4v) is 1.32. The Labute approximate surface area is 96.9 Å². The number of amides is 1. The number of carbonyl (C=O) groups excluding carboxylic acids is 1. The molecule has 0 atom stereocenters. The van der Waals surface area contributed by atoms with Crippen molar-refractivity contribution in [2.75, 3.05) is 13.6 Å². The lowest BCUT2D eigenvalue weighted by atomic mass is 10.2. The third-order valence-corrected chi connectivity index (χ3v) is 2.22. The van der Waals surface area contributed by atoms with Crippen molar-refractivity contribution >= 4 is 23.5 Å². The number of likely N-dealkylation sites (N-methyl/N-ethyl adjacent to an activating group) is 1. The van der Waals surface area contributed by atoms with Crippen LogP contribution in [-0.2, 0) is 4.79 Å². The van der Waals surface area contributed by atoms with Crippen LogP contribution in [0, 0.1) is 0 Å². The second kappa shape index (κ2) is 4.85. The van der Waals surface area contributed by atoms with E-state index in [1.165, 1.54) is 25.2 Å². The number of halogens is 1. The minimum absolute atomic E-state index is 0.0505. The van der Waals surface area contributed by atoms with Crippen LogP contribution in [0.4, 0.5) is 0 Å². The van der Waals surface area contributed by atoms with Gasteiger partial charge in [0, 0.05) is 12.6 Å². The van der Waals surface area contributed by atoms with E-state index in [1.807, 2.05) is 0 Å². The van der Waals surface area contributed by atoms with E-state index >= 15 is 0 Å². The van der Waals surface area contributed by atoms with Crippen LogP contribution in [0.2, 0.25) is 5.02 Å². The van der Waals surface area contributed by atoms with Gasteiger partial charge in [0.15, 0.2) is 0 Å². The van der Waals surface area contributed by atoms with E-state index in [1.54, 1.807) is 0 Å². The third kappa shape index (κ3) is 2.87. The normalized spacial score (nSPS) is 9.88. The molecule has 0 aliphatic heterocycles. The number of hydrogen-bond acceptors (Lipinski definition) is 3. The first-order chi connectivity index (χ1) is 7.41. The molecule has 86 valence electrons. The van der Waals surface area contributed by atoms with Crippen LogP contribution >= 0.6 is 11.6 Å². The van der Waals surface area contributed by atoms with Crippen LogP contribution in [0.5, 0.6) is 5.75 Å². The van der Waals surface area contributed by atoms with Crippen LogP contribution in [0.25, 0.3) is 0 Å². The fourth-order valence-electron chi connectivity index (χ4n) is 1.14. The van der Waals surface area contributed by atoms with Gasteiger partial charge in [-0.3, -0.25) is 9.59 Å². The van der Waals surface area contributed by atoms with Crippen molar-refractivity contribution in [3.05, 3.63) is 28.8 Å². The van der Waals surface area contributed by atoms with Gasteiger partial charge in [0.1, 0.15) is 12.3 Å². The van der Waals surface area contributed by atoms with E-state index in [9.17, 15) is 9.59 Å². The van der Waals surface area contributed by atoms with Gasteiger partial charge in [0.2, 0.25) is 0 Å². The quantitative estimate of drug-likeness (QED) is 0.836. The van der Waals surface area contributed by atoms with E-state index in [-0.39, 0.29) is 16.3 Å². The zero-order valence-corrected chi connectivity index (χ0v) is 9.23. The zero-order chi connectivity index (χ0) is 12.3. The lowest BCUT2D eigenvalue weighted by molar-refractivity contribution is -0.137. The van der Waals surface area contributed by atoms with E-state index < -0.39 is 18.4 Å². The lowest BCUT2D eigenvalue weighted by Crippen LogP contribution is -2.31. The molecule has 0 aliphatic carbocycles. The van der Waals surface area contributed by atoms with Crippen LogP contribution in [0.1, 0.15) is 10.4 Å². The second-order valence-corrected chi connectivity index (χ2v) is 3.63. The molecule has 1 amide bonds. The highest BCUT2D eigenvalue weighted by Gasteiger charge is 2.15. The number of rotatable bonds is 3. The Morgan fingerprint density at radius 2 is 2.06 bits per heavy atom. The molecule has 6 heteroatoms. The van der Waals surface area contributed by atoms with Crippen molar-refractivity contribution in [1.29, 1.82) is 0 Å². The van der Waals surface area contributed by atoms with Gasteiger partial charge in [-0.25, -0.2) is 0 Å². The number of aromatic hydroxyl groups is 1. The van der Waals surface area contributed by atoms with E-state index in [2.05, 4.69) is 0 Å². The minimum Gasteiger partial charge on any atom is -0.506 e. The van der Waals surface area contributed by atoms with Crippen LogP contribution in [0.15, 0.2) is 18.2 Å². The molecular weight excluding hydrogens is 234 g/mol. The average Bonchev–Trinajstić information content (AvgIpc) is 2.20. The topological polar surface area (TPSA) is 77.8 Å². The van der Waals surface area contributed by atoms with Gasteiger partial charge in [-0.1, -0.05) is 11.6 Å². The molecule has 1 rings (SSSR count).